The minimum absolute atomic E-state index is 0.285. The van der Waals surface area contributed by atoms with Crippen molar-refractivity contribution in [1.29, 1.82) is 0 Å². The summed E-state index contributed by atoms with van der Waals surface area (Å²) in [5.41, 5.74) is 0. The third kappa shape index (κ3) is 5.62. The summed E-state index contributed by atoms with van der Waals surface area (Å²) in [6, 6.07) is 0.854. The number of likely N-dealkylation sites (tertiary alicyclic amines) is 1. The number of hydrogen-bond acceptors (Lipinski definition) is 3. The molecule has 1 aliphatic heterocycles. The van der Waals surface area contributed by atoms with Crippen molar-refractivity contribution in [3.05, 3.63) is 0 Å². The first-order chi connectivity index (χ1) is 13.6. The van der Waals surface area contributed by atoms with Crippen molar-refractivity contribution in [2.24, 2.45) is 16.8 Å². The summed E-state index contributed by atoms with van der Waals surface area (Å²) in [6.45, 7) is 2.62. The van der Waals surface area contributed by atoms with E-state index >= 15 is 0 Å². The Morgan fingerprint density at radius 3 is 2.39 bits per heavy atom. The largest absolute Gasteiger partial charge is 0.355 e. The van der Waals surface area contributed by atoms with E-state index in [0.29, 0.717) is 18.0 Å². The van der Waals surface area contributed by atoms with Gasteiger partial charge in [-0.05, 0) is 52.1 Å². The van der Waals surface area contributed by atoms with E-state index in [9.17, 15) is 4.79 Å². The monoisotopic (exact) mass is 391 g/mol. The molecule has 2 aliphatic carbocycles. The summed E-state index contributed by atoms with van der Waals surface area (Å²) in [4.78, 5) is 21.6. The van der Waals surface area contributed by atoms with Crippen LogP contribution in [-0.4, -0.2) is 74.5 Å². The predicted molar refractivity (Wildman–Crippen MR) is 115 cm³/mol. The molecule has 1 amide bonds. The minimum Gasteiger partial charge on any atom is -0.355 e. The Balaban J connectivity index is 1.45. The number of nitrogens with one attached hydrogen (secondary N) is 2. The highest BCUT2D eigenvalue weighted by molar-refractivity contribution is 5.81. The molecule has 2 saturated carbocycles. The molecule has 2 atom stereocenters. The van der Waals surface area contributed by atoms with E-state index in [1.54, 1.807) is 0 Å². The molecule has 6 heteroatoms. The Bertz CT molecular complexity index is 523. The fraction of sp³-hybridized carbons (Fsp3) is 0.909. The van der Waals surface area contributed by atoms with E-state index in [4.69, 9.17) is 0 Å². The van der Waals surface area contributed by atoms with Gasteiger partial charge in [-0.25, -0.2) is 0 Å². The lowest BCUT2D eigenvalue weighted by molar-refractivity contribution is -0.134. The third-order valence-corrected chi connectivity index (χ3v) is 7.10. The summed E-state index contributed by atoms with van der Waals surface area (Å²) >= 11 is 0. The highest BCUT2D eigenvalue weighted by Crippen LogP contribution is 2.29. The molecule has 6 nitrogen and oxygen atoms in total. The van der Waals surface area contributed by atoms with E-state index in [1.165, 1.54) is 44.9 Å². The molecule has 1 saturated heterocycles. The van der Waals surface area contributed by atoms with Gasteiger partial charge in [0, 0.05) is 44.7 Å². The minimum atomic E-state index is 0.285. The number of carbonyl (C=O) groups excluding carboxylic acids is 1. The molecule has 0 aromatic carbocycles. The molecule has 0 aromatic heterocycles. The molecular weight excluding hydrogens is 350 g/mol. The first-order valence-electron chi connectivity index (χ1n) is 11.5. The van der Waals surface area contributed by atoms with Gasteiger partial charge in [0.15, 0.2) is 5.96 Å². The molecule has 0 bridgehead atoms. The zero-order valence-electron chi connectivity index (χ0n) is 18.3. The number of nitrogens with zero attached hydrogens (tertiary/aromatic N) is 3. The Kier molecular flexibility index (Phi) is 8.00. The molecule has 160 valence electrons. The molecule has 3 aliphatic rings. The molecule has 3 fully saturated rings. The van der Waals surface area contributed by atoms with Crippen molar-refractivity contribution in [3.8, 4) is 0 Å². The van der Waals surface area contributed by atoms with Crippen LogP contribution in [0.2, 0.25) is 0 Å². The van der Waals surface area contributed by atoms with Crippen molar-refractivity contribution >= 4 is 11.9 Å². The van der Waals surface area contributed by atoms with E-state index in [1.807, 2.05) is 7.05 Å². The van der Waals surface area contributed by atoms with E-state index in [0.717, 1.165) is 50.8 Å². The van der Waals surface area contributed by atoms with Crippen molar-refractivity contribution in [2.75, 3.05) is 40.8 Å². The maximum absolute atomic E-state index is 12.7. The summed E-state index contributed by atoms with van der Waals surface area (Å²) in [7, 11) is 6.23. The number of guanidine groups is 1. The highest BCUT2D eigenvalue weighted by atomic mass is 16.2. The average molecular weight is 392 g/mol. The van der Waals surface area contributed by atoms with Crippen molar-refractivity contribution < 1.29 is 4.79 Å². The Hall–Kier alpha value is -1.30. The average Bonchev–Trinajstić information content (AvgIpc) is 3.39. The maximum Gasteiger partial charge on any atom is 0.225 e. The molecular formula is C22H41N5O. The van der Waals surface area contributed by atoms with Crippen molar-refractivity contribution in [2.45, 2.75) is 76.3 Å². The topological polar surface area (TPSA) is 60.0 Å². The van der Waals surface area contributed by atoms with Gasteiger partial charge in [-0.2, -0.15) is 0 Å². The van der Waals surface area contributed by atoms with Crippen molar-refractivity contribution in [3.63, 3.8) is 0 Å². The lowest BCUT2D eigenvalue weighted by Gasteiger charge is -2.35. The van der Waals surface area contributed by atoms with Crippen LogP contribution in [0.25, 0.3) is 0 Å². The Morgan fingerprint density at radius 2 is 1.75 bits per heavy atom. The van der Waals surface area contributed by atoms with Crippen LogP contribution in [0.1, 0.15) is 64.2 Å². The molecule has 0 spiro atoms. The van der Waals surface area contributed by atoms with Crippen LogP contribution in [0.5, 0.6) is 0 Å². The summed E-state index contributed by atoms with van der Waals surface area (Å²) in [5.74, 6) is 2.32. The lowest BCUT2D eigenvalue weighted by atomic mass is 9.83. The van der Waals surface area contributed by atoms with Crippen LogP contribution in [0.4, 0.5) is 0 Å². The van der Waals surface area contributed by atoms with E-state index in [-0.39, 0.29) is 5.92 Å². The summed E-state index contributed by atoms with van der Waals surface area (Å²) in [5, 5.41) is 7.13. The second-order valence-corrected chi connectivity index (χ2v) is 9.28. The lowest BCUT2D eigenvalue weighted by Crippen LogP contribution is -2.51. The van der Waals surface area contributed by atoms with Gasteiger partial charge in [0.25, 0.3) is 0 Å². The zero-order chi connectivity index (χ0) is 19.9. The number of carbonyl (C=O) groups is 1. The molecule has 3 rings (SSSR count). The van der Waals surface area contributed by atoms with Crippen LogP contribution < -0.4 is 10.6 Å². The van der Waals surface area contributed by atoms with E-state index in [2.05, 4.69) is 39.5 Å². The highest BCUT2D eigenvalue weighted by Gasteiger charge is 2.32. The first kappa shape index (κ1) is 21.4. The molecule has 0 aromatic rings. The zero-order valence-corrected chi connectivity index (χ0v) is 18.3. The van der Waals surface area contributed by atoms with Gasteiger partial charge in [0.1, 0.15) is 0 Å². The third-order valence-electron chi connectivity index (χ3n) is 7.10. The standard InChI is InChI=1S/C22H41N5O/c1-23-22(24-15-20(26(2)3)17-9-5-4-6-10-17)25-19-13-14-27(16-19)21(28)18-11-7-8-12-18/h17-20H,4-16H2,1-3H3,(H2,23,24,25). The van der Waals surface area contributed by atoms with Crippen LogP contribution in [-0.2, 0) is 4.79 Å². The fourth-order valence-electron chi connectivity index (χ4n) is 5.39. The Morgan fingerprint density at radius 1 is 1.07 bits per heavy atom. The molecule has 1 heterocycles. The Labute approximate surface area is 171 Å². The summed E-state index contributed by atoms with van der Waals surface area (Å²) < 4.78 is 0. The summed E-state index contributed by atoms with van der Waals surface area (Å²) in [6.07, 6.45) is 12.4. The van der Waals surface area contributed by atoms with Gasteiger partial charge in [-0.3, -0.25) is 9.79 Å². The second kappa shape index (κ2) is 10.5. The molecule has 0 radical (unpaired) electrons. The van der Waals surface area contributed by atoms with Gasteiger partial charge in [-0.15, -0.1) is 0 Å². The number of likely N-dealkylation sites (N-methyl/N-ethyl adjacent to an activating group) is 1. The fourth-order valence-corrected chi connectivity index (χ4v) is 5.39. The number of aliphatic imine (C=N–C) groups is 1. The normalized spacial score (nSPS) is 26.1. The quantitative estimate of drug-likeness (QED) is 0.539. The predicted octanol–water partition coefficient (Wildman–Crippen LogP) is 2.45. The first-order valence-corrected chi connectivity index (χ1v) is 11.5. The second-order valence-electron chi connectivity index (χ2n) is 9.28. The number of rotatable bonds is 6. The maximum atomic E-state index is 12.7. The van der Waals surface area contributed by atoms with Crippen LogP contribution >= 0.6 is 0 Å². The smallest absolute Gasteiger partial charge is 0.225 e. The van der Waals surface area contributed by atoms with Gasteiger partial charge < -0.3 is 20.4 Å². The van der Waals surface area contributed by atoms with Gasteiger partial charge in [0.2, 0.25) is 5.91 Å². The number of hydrogen-bond donors (Lipinski definition) is 2. The van der Waals surface area contributed by atoms with Crippen molar-refractivity contribution in [1.82, 2.24) is 20.4 Å². The van der Waals surface area contributed by atoms with Gasteiger partial charge in [0.05, 0.1) is 0 Å². The molecule has 2 unspecified atom stereocenters. The molecule has 2 N–H and O–H groups in total. The number of amides is 1. The van der Waals surface area contributed by atoms with Crippen LogP contribution in [0.15, 0.2) is 4.99 Å². The molecule has 28 heavy (non-hydrogen) atoms. The SMILES string of the molecule is CN=C(NCC(C1CCCCC1)N(C)C)NC1CCN(C(=O)C2CCCC2)C1. The van der Waals surface area contributed by atoms with Gasteiger partial charge in [-0.1, -0.05) is 32.1 Å². The van der Waals surface area contributed by atoms with Crippen LogP contribution in [0.3, 0.4) is 0 Å². The van der Waals surface area contributed by atoms with E-state index < -0.39 is 0 Å². The van der Waals surface area contributed by atoms with Crippen LogP contribution in [0, 0.1) is 11.8 Å². The van der Waals surface area contributed by atoms with Gasteiger partial charge >= 0.3 is 0 Å².